The smallest absolute Gasteiger partial charge is 0.254 e. The van der Waals surface area contributed by atoms with Crippen molar-refractivity contribution in [3.8, 4) is 0 Å². The van der Waals surface area contributed by atoms with Gasteiger partial charge in [-0.1, -0.05) is 23.2 Å². The molecule has 20 heavy (non-hydrogen) atoms. The average Bonchev–Trinajstić information content (AvgIpc) is 2.35. The van der Waals surface area contributed by atoms with E-state index in [0.29, 0.717) is 21.7 Å². The average molecular weight is 314 g/mol. The molecule has 108 valence electrons. The lowest BCUT2D eigenvalue weighted by atomic mass is 10.1. The van der Waals surface area contributed by atoms with Gasteiger partial charge in [0, 0.05) is 60.9 Å². The minimum Gasteiger partial charge on any atom is -0.336 e. The first-order valence-electron chi connectivity index (χ1n) is 6.83. The molecule has 1 amide bonds. The molecule has 0 aromatic heterocycles. The third-order valence-corrected chi connectivity index (χ3v) is 4.42. The number of rotatable bonds is 2. The second-order valence-electron chi connectivity index (χ2n) is 5.30. The molecular formula is C14H17Cl2N3O. The first kappa shape index (κ1) is 14.1. The number of hydrogen-bond donors (Lipinski definition) is 1. The number of hydrogen-bond acceptors (Lipinski definition) is 3. The van der Waals surface area contributed by atoms with Gasteiger partial charge in [0.2, 0.25) is 0 Å². The molecule has 0 radical (unpaired) electrons. The minimum absolute atomic E-state index is 0.0146. The number of carbonyl (C=O) groups is 1. The van der Waals surface area contributed by atoms with Crippen molar-refractivity contribution in [3.63, 3.8) is 0 Å². The summed E-state index contributed by atoms with van der Waals surface area (Å²) in [5, 5.41) is 4.28. The van der Waals surface area contributed by atoms with Crippen molar-refractivity contribution in [1.82, 2.24) is 15.1 Å². The van der Waals surface area contributed by atoms with Crippen molar-refractivity contribution in [2.75, 3.05) is 39.3 Å². The van der Waals surface area contributed by atoms with Gasteiger partial charge in [-0.15, -0.1) is 0 Å². The lowest BCUT2D eigenvalue weighted by Gasteiger charge is -2.43. The fourth-order valence-corrected chi connectivity index (χ4v) is 3.21. The van der Waals surface area contributed by atoms with Crippen LogP contribution >= 0.6 is 23.2 Å². The highest BCUT2D eigenvalue weighted by molar-refractivity contribution is 6.35. The van der Waals surface area contributed by atoms with Crippen LogP contribution in [0.2, 0.25) is 10.0 Å². The molecule has 2 heterocycles. The number of nitrogens with zero attached hydrogens (tertiary/aromatic N) is 2. The zero-order chi connectivity index (χ0) is 14.1. The largest absolute Gasteiger partial charge is 0.336 e. The fourth-order valence-electron chi connectivity index (χ4n) is 2.68. The Morgan fingerprint density at radius 1 is 1.05 bits per heavy atom. The van der Waals surface area contributed by atoms with Crippen LogP contribution in [0.15, 0.2) is 18.2 Å². The number of benzene rings is 1. The van der Waals surface area contributed by atoms with E-state index in [-0.39, 0.29) is 5.91 Å². The normalized spacial score (nSPS) is 20.8. The van der Waals surface area contributed by atoms with Gasteiger partial charge in [-0.2, -0.15) is 0 Å². The van der Waals surface area contributed by atoms with Gasteiger partial charge >= 0.3 is 0 Å². The summed E-state index contributed by atoms with van der Waals surface area (Å²) >= 11 is 11.9. The Kier molecular flexibility index (Phi) is 4.17. The Labute approximate surface area is 128 Å². The molecule has 2 aliphatic heterocycles. The maximum absolute atomic E-state index is 12.4. The molecule has 0 unspecified atom stereocenters. The number of piperazine rings is 1. The lowest BCUT2D eigenvalue weighted by Crippen LogP contribution is -2.62. The van der Waals surface area contributed by atoms with Crippen molar-refractivity contribution >= 4 is 29.1 Å². The molecule has 0 spiro atoms. The van der Waals surface area contributed by atoms with E-state index in [1.54, 1.807) is 18.2 Å². The van der Waals surface area contributed by atoms with Gasteiger partial charge in [0.05, 0.1) is 0 Å². The summed E-state index contributed by atoms with van der Waals surface area (Å²) in [6.45, 7) is 5.54. The van der Waals surface area contributed by atoms with Crippen LogP contribution in [0.5, 0.6) is 0 Å². The summed E-state index contributed by atoms with van der Waals surface area (Å²) in [6.07, 6.45) is 0. The Morgan fingerprint density at radius 2 is 1.65 bits per heavy atom. The fraction of sp³-hybridized carbons (Fsp3) is 0.500. The molecule has 2 aliphatic rings. The predicted molar refractivity (Wildman–Crippen MR) is 80.6 cm³/mol. The van der Waals surface area contributed by atoms with E-state index < -0.39 is 0 Å². The Morgan fingerprint density at radius 3 is 2.15 bits per heavy atom. The second kappa shape index (κ2) is 5.90. The minimum atomic E-state index is 0.0146. The third kappa shape index (κ3) is 2.93. The highest BCUT2D eigenvalue weighted by Gasteiger charge is 2.29. The number of halogens is 2. The van der Waals surface area contributed by atoms with Crippen LogP contribution in [0.4, 0.5) is 0 Å². The van der Waals surface area contributed by atoms with Crippen LogP contribution in [0.1, 0.15) is 10.4 Å². The highest BCUT2D eigenvalue weighted by Crippen LogP contribution is 2.21. The molecule has 6 heteroatoms. The summed E-state index contributed by atoms with van der Waals surface area (Å²) in [7, 11) is 0. The molecule has 0 atom stereocenters. The molecule has 2 fully saturated rings. The van der Waals surface area contributed by atoms with Gasteiger partial charge < -0.3 is 10.2 Å². The topological polar surface area (TPSA) is 35.6 Å². The van der Waals surface area contributed by atoms with Crippen molar-refractivity contribution in [3.05, 3.63) is 33.8 Å². The molecule has 1 aromatic carbocycles. The second-order valence-corrected chi connectivity index (χ2v) is 6.17. The van der Waals surface area contributed by atoms with E-state index in [4.69, 9.17) is 23.2 Å². The molecular weight excluding hydrogens is 297 g/mol. The Balaban J connectivity index is 1.63. The first-order chi connectivity index (χ1) is 9.63. The highest BCUT2D eigenvalue weighted by atomic mass is 35.5. The summed E-state index contributed by atoms with van der Waals surface area (Å²) in [4.78, 5) is 16.8. The van der Waals surface area contributed by atoms with Crippen LogP contribution in [-0.4, -0.2) is 61.0 Å². The van der Waals surface area contributed by atoms with Crippen molar-refractivity contribution < 1.29 is 4.79 Å². The predicted octanol–water partition coefficient (Wildman–Crippen LogP) is 1.72. The first-order valence-corrected chi connectivity index (χ1v) is 7.59. The molecule has 0 bridgehead atoms. The van der Waals surface area contributed by atoms with E-state index in [9.17, 15) is 4.79 Å². The monoisotopic (exact) mass is 313 g/mol. The standard InChI is InChI=1S/C14H17Cl2N3O/c15-11-5-10(6-12(16)7-11)14(20)19-3-1-18(2-4-19)13-8-17-9-13/h5-7,13,17H,1-4,8-9H2. The van der Waals surface area contributed by atoms with Gasteiger partial charge in [-0.25, -0.2) is 0 Å². The van der Waals surface area contributed by atoms with E-state index in [2.05, 4.69) is 10.2 Å². The van der Waals surface area contributed by atoms with Crippen molar-refractivity contribution in [1.29, 1.82) is 0 Å². The van der Waals surface area contributed by atoms with Crippen molar-refractivity contribution in [2.45, 2.75) is 6.04 Å². The number of nitrogens with one attached hydrogen (secondary N) is 1. The van der Waals surface area contributed by atoms with E-state index in [0.717, 1.165) is 39.3 Å². The molecule has 2 saturated heterocycles. The van der Waals surface area contributed by atoms with Crippen LogP contribution in [0.25, 0.3) is 0 Å². The number of carbonyl (C=O) groups excluding carboxylic acids is 1. The van der Waals surface area contributed by atoms with Gasteiger partial charge in [-0.05, 0) is 18.2 Å². The van der Waals surface area contributed by atoms with Gasteiger partial charge in [-0.3, -0.25) is 9.69 Å². The summed E-state index contributed by atoms with van der Waals surface area (Å²) in [6, 6.07) is 5.64. The summed E-state index contributed by atoms with van der Waals surface area (Å²) in [5.74, 6) is 0.0146. The summed E-state index contributed by atoms with van der Waals surface area (Å²) in [5.41, 5.74) is 0.571. The van der Waals surface area contributed by atoms with E-state index in [1.807, 2.05) is 4.90 Å². The van der Waals surface area contributed by atoms with Crippen LogP contribution in [0.3, 0.4) is 0 Å². The summed E-state index contributed by atoms with van der Waals surface area (Å²) < 4.78 is 0. The maximum Gasteiger partial charge on any atom is 0.254 e. The Bertz CT molecular complexity index is 491. The maximum atomic E-state index is 12.4. The zero-order valence-corrected chi connectivity index (χ0v) is 12.6. The van der Waals surface area contributed by atoms with Crippen LogP contribution in [0, 0.1) is 0 Å². The Hall–Kier alpha value is -0.810. The molecule has 0 aliphatic carbocycles. The number of amides is 1. The van der Waals surface area contributed by atoms with Gasteiger partial charge in [0.15, 0.2) is 0 Å². The SMILES string of the molecule is O=C(c1cc(Cl)cc(Cl)c1)N1CCN(C2CNC2)CC1. The van der Waals surface area contributed by atoms with Crippen LogP contribution in [-0.2, 0) is 0 Å². The van der Waals surface area contributed by atoms with Crippen molar-refractivity contribution in [2.24, 2.45) is 0 Å². The van der Waals surface area contributed by atoms with E-state index in [1.165, 1.54) is 0 Å². The van der Waals surface area contributed by atoms with Gasteiger partial charge in [0.1, 0.15) is 0 Å². The molecule has 1 N–H and O–H groups in total. The molecule has 3 rings (SSSR count). The molecule has 4 nitrogen and oxygen atoms in total. The molecule has 0 saturated carbocycles. The van der Waals surface area contributed by atoms with Crippen LogP contribution < -0.4 is 5.32 Å². The van der Waals surface area contributed by atoms with E-state index >= 15 is 0 Å². The quantitative estimate of drug-likeness (QED) is 0.903. The van der Waals surface area contributed by atoms with Gasteiger partial charge in [0.25, 0.3) is 5.91 Å². The molecule has 1 aromatic rings. The third-order valence-electron chi connectivity index (χ3n) is 3.99. The zero-order valence-electron chi connectivity index (χ0n) is 11.1. The lowest BCUT2D eigenvalue weighted by molar-refractivity contribution is 0.0502.